The van der Waals surface area contributed by atoms with Gasteiger partial charge in [-0.25, -0.2) is 0 Å². The van der Waals surface area contributed by atoms with Crippen molar-refractivity contribution in [1.29, 1.82) is 0 Å². The van der Waals surface area contributed by atoms with E-state index < -0.39 is 0 Å². The smallest absolute Gasteiger partial charge is 0.0600 e. The molecule has 2 heteroatoms. The molecule has 0 unspecified atom stereocenters. The van der Waals surface area contributed by atoms with E-state index in [9.17, 15) is 0 Å². The topological polar surface area (TPSA) is 0 Å². The third-order valence-electron chi connectivity index (χ3n) is 1.63. The first kappa shape index (κ1) is 8.15. The van der Waals surface area contributed by atoms with E-state index in [1.807, 2.05) is 0 Å². The van der Waals surface area contributed by atoms with Gasteiger partial charge >= 0.3 is 0 Å². The fourth-order valence-electron chi connectivity index (χ4n) is 0.957. The lowest BCUT2D eigenvalue weighted by atomic mass is 10.1. The Bertz CT molecular complexity index is 213. The fourth-order valence-corrected chi connectivity index (χ4v) is 2.11. The molecule has 0 aromatic carbocycles. The van der Waals surface area contributed by atoms with Crippen molar-refractivity contribution in [3.05, 3.63) is 16.5 Å². The molecule has 56 valence electrons. The van der Waals surface area contributed by atoms with Crippen LogP contribution < -0.4 is 0 Å². The van der Waals surface area contributed by atoms with Gasteiger partial charge in [-0.05, 0) is 29.9 Å². The Balaban J connectivity index is 2.83. The highest BCUT2D eigenvalue weighted by molar-refractivity contribution is 7.82. The molecule has 0 saturated carbocycles. The lowest BCUT2D eigenvalue weighted by molar-refractivity contribution is 0.915. The van der Waals surface area contributed by atoms with Crippen LogP contribution in [0.4, 0.5) is 0 Å². The normalized spacial score (nSPS) is 10.3. The van der Waals surface area contributed by atoms with Gasteiger partial charge in [0, 0.05) is 0 Å². The molecule has 0 atom stereocenters. The summed E-state index contributed by atoms with van der Waals surface area (Å²) in [6.45, 7) is 4.35. The second-order valence-corrected chi connectivity index (χ2v) is 4.07. The minimum Gasteiger partial charge on any atom is -0.137 e. The predicted molar refractivity (Wildman–Crippen MR) is 50.3 cm³/mol. The van der Waals surface area contributed by atoms with Gasteiger partial charge in [-0.2, -0.15) is 0 Å². The van der Waals surface area contributed by atoms with Crippen LogP contribution in [0.25, 0.3) is 0 Å². The summed E-state index contributed by atoms with van der Waals surface area (Å²) in [5.74, 6) is 0. The van der Waals surface area contributed by atoms with Crippen molar-refractivity contribution >= 4 is 24.0 Å². The number of thiophene rings is 1. The molecule has 0 spiro atoms. The lowest BCUT2D eigenvalue weighted by Crippen LogP contribution is -1.81. The second-order valence-electron chi connectivity index (χ2n) is 2.44. The van der Waals surface area contributed by atoms with Gasteiger partial charge in [-0.1, -0.05) is 13.3 Å². The highest BCUT2D eigenvalue weighted by Gasteiger charge is 2.01. The lowest BCUT2D eigenvalue weighted by Gasteiger charge is -1.94. The third kappa shape index (κ3) is 1.55. The van der Waals surface area contributed by atoms with Crippen LogP contribution >= 0.6 is 24.0 Å². The van der Waals surface area contributed by atoms with Gasteiger partial charge in [-0.3, -0.25) is 0 Å². The summed E-state index contributed by atoms with van der Waals surface area (Å²) in [6, 6.07) is 0. The molecule has 1 aromatic rings. The maximum Gasteiger partial charge on any atom is 0.0600 e. The van der Waals surface area contributed by atoms with Crippen molar-refractivity contribution in [2.24, 2.45) is 0 Å². The molecule has 0 N–H and O–H groups in total. The number of thiol groups is 1. The zero-order chi connectivity index (χ0) is 7.56. The standard InChI is InChI=1S/C8H12S2/c1-3-4-7-5-10-8(9)6(7)2/h5,9H,3-4H2,1-2H3. The maximum atomic E-state index is 4.33. The zero-order valence-electron chi connectivity index (χ0n) is 6.35. The molecule has 0 amide bonds. The first-order valence-corrected chi connectivity index (χ1v) is 4.84. The average molecular weight is 172 g/mol. The molecule has 0 saturated heterocycles. The molecular weight excluding hydrogens is 160 g/mol. The van der Waals surface area contributed by atoms with Crippen LogP contribution in [0.5, 0.6) is 0 Å². The Morgan fingerprint density at radius 3 is 2.70 bits per heavy atom. The first-order chi connectivity index (χ1) is 4.75. The van der Waals surface area contributed by atoms with Gasteiger partial charge in [0.2, 0.25) is 0 Å². The summed E-state index contributed by atoms with van der Waals surface area (Å²) < 4.78 is 1.17. The quantitative estimate of drug-likeness (QED) is 0.650. The van der Waals surface area contributed by atoms with E-state index in [2.05, 4.69) is 31.9 Å². The Labute approximate surface area is 71.7 Å². The minimum absolute atomic E-state index is 1.17. The van der Waals surface area contributed by atoms with Gasteiger partial charge in [-0.15, -0.1) is 24.0 Å². The summed E-state index contributed by atoms with van der Waals surface area (Å²) >= 11 is 6.07. The van der Waals surface area contributed by atoms with E-state index in [-0.39, 0.29) is 0 Å². The Kier molecular flexibility index (Phi) is 2.81. The third-order valence-corrected chi connectivity index (χ3v) is 3.22. The zero-order valence-corrected chi connectivity index (χ0v) is 8.06. The molecular formula is C8H12S2. The van der Waals surface area contributed by atoms with E-state index in [0.29, 0.717) is 0 Å². The largest absolute Gasteiger partial charge is 0.137 e. The van der Waals surface area contributed by atoms with Crippen molar-refractivity contribution in [2.45, 2.75) is 30.9 Å². The molecule has 0 radical (unpaired) electrons. The summed E-state index contributed by atoms with van der Waals surface area (Å²) in [7, 11) is 0. The summed E-state index contributed by atoms with van der Waals surface area (Å²) in [5, 5.41) is 2.21. The van der Waals surface area contributed by atoms with Crippen LogP contribution in [0.3, 0.4) is 0 Å². The van der Waals surface area contributed by atoms with Crippen LogP contribution in [-0.2, 0) is 6.42 Å². The summed E-state index contributed by atoms with van der Waals surface area (Å²) in [4.78, 5) is 0. The molecule has 0 aliphatic heterocycles. The molecule has 0 bridgehead atoms. The van der Waals surface area contributed by atoms with Gasteiger partial charge in [0.05, 0.1) is 4.21 Å². The van der Waals surface area contributed by atoms with E-state index in [1.165, 1.54) is 28.2 Å². The fraction of sp³-hybridized carbons (Fsp3) is 0.500. The van der Waals surface area contributed by atoms with Crippen molar-refractivity contribution < 1.29 is 0 Å². The van der Waals surface area contributed by atoms with Crippen LogP contribution in [0, 0.1) is 6.92 Å². The van der Waals surface area contributed by atoms with E-state index in [4.69, 9.17) is 0 Å². The van der Waals surface area contributed by atoms with Gasteiger partial charge in [0.25, 0.3) is 0 Å². The second kappa shape index (κ2) is 3.44. The number of aryl methyl sites for hydroxylation is 1. The Morgan fingerprint density at radius 1 is 1.60 bits per heavy atom. The monoisotopic (exact) mass is 172 g/mol. The van der Waals surface area contributed by atoms with Crippen molar-refractivity contribution in [3.8, 4) is 0 Å². The predicted octanol–water partition coefficient (Wildman–Crippen LogP) is 3.30. The maximum absolute atomic E-state index is 4.33. The number of hydrogen-bond acceptors (Lipinski definition) is 2. The number of hydrogen-bond donors (Lipinski definition) is 1. The van der Waals surface area contributed by atoms with Crippen LogP contribution in [0.15, 0.2) is 9.59 Å². The summed E-state index contributed by atoms with van der Waals surface area (Å²) in [5.41, 5.74) is 2.84. The van der Waals surface area contributed by atoms with Crippen LogP contribution in [-0.4, -0.2) is 0 Å². The van der Waals surface area contributed by atoms with Crippen molar-refractivity contribution in [1.82, 2.24) is 0 Å². The summed E-state index contributed by atoms with van der Waals surface area (Å²) in [6.07, 6.45) is 2.42. The van der Waals surface area contributed by atoms with E-state index >= 15 is 0 Å². The SMILES string of the molecule is CCCc1csc(S)c1C. The first-order valence-electron chi connectivity index (χ1n) is 3.51. The highest BCUT2D eigenvalue weighted by Crippen LogP contribution is 2.25. The van der Waals surface area contributed by atoms with Gasteiger partial charge in [0.1, 0.15) is 0 Å². The molecule has 10 heavy (non-hydrogen) atoms. The van der Waals surface area contributed by atoms with Crippen molar-refractivity contribution in [2.75, 3.05) is 0 Å². The molecule has 1 aromatic heterocycles. The Morgan fingerprint density at radius 2 is 2.30 bits per heavy atom. The number of rotatable bonds is 2. The highest BCUT2D eigenvalue weighted by atomic mass is 32.2. The Hall–Kier alpha value is 0.0500. The van der Waals surface area contributed by atoms with E-state index in [0.717, 1.165) is 0 Å². The molecule has 1 rings (SSSR count). The average Bonchev–Trinajstić information content (AvgIpc) is 2.20. The van der Waals surface area contributed by atoms with Gasteiger partial charge in [0.15, 0.2) is 0 Å². The molecule has 1 heterocycles. The molecule has 0 aliphatic rings. The molecule has 0 nitrogen and oxygen atoms in total. The van der Waals surface area contributed by atoms with Crippen LogP contribution in [0.1, 0.15) is 24.5 Å². The minimum atomic E-state index is 1.17. The molecule has 0 fully saturated rings. The molecule has 0 aliphatic carbocycles. The van der Waals surface area contributed by atoms with Gasteiger partial charge < -0.3 is 0 Å². The van der Waals surface area contributed by atoms with Crippen molar-refractivity contribution in [3.63, 3.8) is 0 Å². The van der Waals surface area contributed by atoms with Crippen LogP contribution in [0.2, 0.25) is 0 Å². The van der Waals surface area contributed by atoms with E-state index in [1.54, 1.807) is 11.3 Å².